The molecule has 3 rings (SSSR count). The van der Waals surface area contributed by atoms with E-state index in [4.69, 9.17) is 0 Å². The maximum Gasteiger partial charge on any atom is 0.242 e. The number of benzene rings is 1. The highest BCUT2D eigenvalue weighted by Crippen LogP contribution is 2.12. The van der Waals surface area contributed by atoms with Crippen molar-refractivity contribution in [1.29, 1.82) is 0 Å². The fourth-order valence-electron chi connectivity index (χ4n) is 2.65. The minimum atomic E-state index is 0.0707. The molecule has 0 N–H and O–H groups in total. The van der Waals surface area contributed by atoms with Gasteiger partial charge in [0.15, 0.2) is 0 Å². The van der Waals surface area contributed by atoms with E-state index in [2.05, 4.69) is 4.98 Å². The molecule has 1 fully saturated rings. The second kappa shape index (κ2) is 5.55. The van der Waals surface area contributed by atoms with Crippen molar-refractivity contribution in [3.05, 3.63) is 30.6 Å². The number of nitrogens with zero attached hydrogens (tertiary/aromatic N) is 4. The lowest BCUT2D eigenvalue weighted by Crippen LogP contribution is -2.50. The van der Waals surface area contributed by atoms with E-state index in [1.165, 1.54) is 0 Å². The Hall–Kier alpha value is -2.37. The number of rotatable bonds is 2. The van der Waals surface area contributed by atoms with E-state index in [0.717, 1.165) is 11.0 Å². The Morgan fingerprint density at radius 1 is 1.10 bits per heavy atom. The summed E-state index contributed by atoms with van der Waals surface area (Å²) in [6.45, 7) is 4.29. The van der Waals surface area contributed by atoms with Crippen molar-refractivity contribution in [2.45, 2.75) is 13.5 Å². The van der Waals surface area contributed by atoms with Gasteiger partial charge < -0.3 is 14.4 Å². The zero-order valence-electron chi connectivity index (χ0n) is 12.0. The van der Waals surface area contributed by atoms with Gasteiger partial charge in [-0.2, -0.15) is 0 Å². The molecule has 21 heavy (non-hydrogen) atoms. The molecule has 0 radical (unpaired) electrons. The van der Waals surface area contributed by atoms with Crippen molar-refractivity contribution in [3.8, 4) is 0 Å². The van der Waals surface area contributed by atoms with Crippen molar-refractivity contribution < 1.29 is 9.59 Å². The Bertz CT molecular complexity index is 671. The highest BCUT2D eigenvalue weighted by molar-refractivity contribution is 5.81. The molecule has 2 aromatic rings. The number of hydrogen-bond acceptors (Lipinski definition) is 3. The first-order chi connectivity index (χ1) is 10.1. The van der Waals surface area contributed by atoms with Crippen LogP contribution in [-0.2, 0) is 16.1 Å². The first kappa shape index (κ1) is 13.6. The summed E-state index contributed by atoms with van der Waals surface area (Å²) in [5.74, 6) is 0.143. The van der Waals surface area contributed by atoms with E-state index in [-0.39, 0.29) is 11.8 Å². The Morgan fingerprint density at radius 3 is 2.48 bits per heavy atom. The minimum absolute atomic E-state index is 0.0707. The van der Waals surface area contributed by atoms with Gasteiger partial charge in [-0.3, -0.25) is 9.59 Å². The second-order valence-corrected chi connectivity index (χ2v) is 5.25. The van der Waals surface area contributed by atoms with Gasteiger partial charge in [0.25, 0.3) is 0 Å². The molecule has 2 amide bonds. The summed E-state index contributed by atoms with van der Waals surface area (Å²) in [4.78, 5) is 31.5. The van der Waals surface area contributed by atoms with Crippen molar-refractivity contribution in [2.75, 3.05) is 26.2 Å². The first-order valence-corrected chi connectivity index (χ1v) is 7.08. The summed E-state index contributed by atoms with van der Waals surface area (Å²) in [6, 6.07) is 7.77. The molecule has 1 aliphatic heterocycles. The third kappa shape index (κ3) is 2.74. The van der Waals surface area contributed by atoms with Gasteiger partial charge in [-0.25, -0.2) is 4.98 Å². The quantitative estimate of drug-likeness (QED) is 0.817. The van der Waals surface area contributed by atoms with Crippen LogP contribution in [0, 0.1) is 0 Å². The van der Waals surface area contributed by atoms with Gasteiger partial charge in [-0.15, -0.1) is 0 Å². The van der Waals surface area contributed by atoms with Gasteiger partial charge in [0.2, 0.25) is 11.8 Å². The van der Waals surface area contributed by atoms with Gasteiger partial charge >= 0.3 is 0 Å². The lowest BCUT2D eigenvalue weighted by atomic mass is 10.3. The lowest BCUT2D eigenvalue weighted by molar-refractivity contribution is -0.138. The van der Waals surface area contributed by atoms with E-state index < -0.39 is 0 Å². The zero-order valence-corrected chi connectivity index (χ0v) is 12.0. The van der Waals surface area contributed by atoms with Crippen molar-refractivity contribution in [2.24, 2.45) is 0 Å². The number of carbonyl (C=O) groups excluding carboxylic acids is 2. The Kier molecular flexibility index (Phi) is 3.60. The maximum absolute atomic E-state index is 12.4. The maximum atomic E-state index is 12.4. The number of hydrogen-bond donors (Lipinski definition) is 0. The summed E-state index contributed by atoms with van der Waals surface area (Å²) in [5, 5.41) is 0. The number of piperazine rings is 1. The summed E-state index contributed by atoms with van der Waals surface area (Å²) in [5.41, 5.74) is 1.86. The van der Waals surface area contributed by atoms with Crippen LogP contribution in [0.15, 0.2) is 30.6 Å². The highest BCUT2D eigenvalue weighted by Gasteiger charge is 2.22. The monoisotopic (exact) mass is 286 g/mol. The van der Waals surface area contributed by atoms with Crippen LogP contribution in [0.1, 0.15) is 6.92 Å². The van der Waals surface area contributed by atoms with Gasteiger partial charge in [-0.1, -0.05) is 12.1 Å². The molecule has 6 nitrogen and oxygen atoms in total. The third-order valence-electron chi connectivity index (χ3n) is 3.91. The number of para-hydroxylation sites is 2. The third-order valence-corrected chi connectivity index (χ3v) is 3.91. The van der Waals surface area contributed by atoms with E-state index in [1.54, 1.807) is 18.2 Å². The standard InChI is InChI=1S/C15H18N4O2/c1-12(20)17-6-8-18(9-7-17)15(21)10-19-11-16-13-4-2-3-5-14(13)19/h2-5,11H,6-10H2,1H3. The average molecular weight is 286 g/mol. The molecular formula is C15H18N4O2. The molecule has 1 aromatic heterocycles. The highest BCUT2D eigenvalue weighted by atomic mass is 16.2. The zero-order chi connectivity index (χ0) is 14.8. The Morgan fingerprint density at radius 2 is 1.76 bits per heavy atom. The van der Waals surface area contributed by atoms with Crippen LogP contribution in [0.2, 0.25) is 0 Å². The van der Waals surface area contributed by atoms with Crippen LogP contribution in [0.5, 0.6) is 0 Å². The van der Waals surface area contributed by atoms with Crippen LogP contribution >= 0.6 is 0 Å². The average Bonchev–Trinajstić information content (AvgIpc) is 2.91. The molecule has 1 aliphatic rings. The molecule has 6 heteroatoms. The second-order valence-electron chi connectivity index (χ2n) is 5.25. The van der Waals surface area contributed by atoms with Crippen LogP contribution in [0.25, 0.3) is 11.0 Å². The summed E-state index contributed by atoms with van der Waals surface area (Å²) < 4.78 is 1.87. The molecular weight excluding hydrogens is 268 g/mol. The molecule has 1 saturated heterocycles. The van der Waals surface area contributed by atoms with Crippen molar-refractivity contribution in [1.82, 2.24) is 19.4 Å². The van der Waals surface area contributed by atoms with Crippen molar-refractivity contribution >= 4 is 22.8 Å². The van der Waals surface area contributed by atoms with E-state index in [0.29, 0.717) is 32.7 Å². The number of fused-ring (bicyclic) bond motifs is 1. The number of aromatic nitrogens is 2. The van der Waals surface area contributed by atoms with Crippen LogP contribution in [0.3, 0.4) is 0 Å². The largest absolute Gasteiger partial charge is 0.339 e. The summed E-state index contributed by atoms with van der Waals surface area (Å²) >= 11 is 0. The van der Waals surface area contributed by atoms with Crippen LogP contribution in [-0.4, -0.2) is 57.3 Å². The topological polar surface area (TPSA) is 58.4 Å². The molecule has 0 bridgehead atoms. The number of imidazole rings is 1. The fraction of sp³-hybridized carbons (Fsp3) is 0.400. The summed E-state index contributed by atoms with van der Waals surface area (Å²) in [7, 11) is 0. The molecule has 0 spiro atoms. The number of carbonyl (C=O) groups is 2. The lowest BCUT2D eigenvalue weighted by Gasteiger charge is -2.34. The van der Waals surface area contributed by atoms with Crippen LogP contribution < -0.4 is 0 Å². The smallest absolute Gasteiger partial charge is 0.242 e. The van der Waals surface area contributed by atoms with Gasteiger partial charge in [0, 0.05) is 33.1 Å². The Labute approximate surface area is 123 Å². The molecule has 1 aromatic carbocycles. The molecule has 110 valence electrons. The van der Waals surface area contributed by atoms with Gasteiger partial charge in [-0.05, 0) is 12.1 Å². The predicted molar refractivity (Wildman–Crippen MR) is 78.6 cm³/mol. The SMILES string of the molecule is CC(=O)N1CCN(C(=O)Cn2cnc3ccccc32)CC1. The molecule has 0 atom stereocenters. The fourth-order valence-corrected chi connectivity index (χ4v) is 2.65. The van der Waals surface area contributed by atoms with Crippen molar-refractivity contribution in [3.63, 3.8) is 0 Å². The Balaban J connectivity index is 1.66. The van der Waals surface area contributed by atoms with E-state index in [1.807, 2.05) is 33.7 Å². The molecule has 2 heterocycles. The van der Waals surface area contributed by atoms with Gasteiger partial charge in [0.1, 0.15) is 6.54 Å². The van der Waals surface area contributed by atoms with Crippen LogP contribution in [0.4, 0.5) is 0 Å². The molecule has 0 saturated carbocycles. The first-order valence-electron chi connectivity index (χ1n) is 7.08. The molecule has 0 aliphatic carbocycles. The van der Waals surface area contributed by atoms with E-state index in [9.17, 15) is 9.59 Å². The van der Waals surface area contributed by atoms with E-state index >= 15 is 0 Å². The summed E-state index contributed by atoms with van der Waals surface area (Å²) in [6.07, 6.45) is 1.70. The molecule has 0 unspecified atom stereocenters. The number of amides is 2. The normalized spacial score (nSPS) is 15.5. The predicted octanol–water partition coefficient (Wildman–Crippen LogP) is 0.727. The minimum Gasteiger partial charge on any atom is -0.339 e. The van der Waals surface area contributed by atoms with Gasteiger partial charge in [0.05, 0.1) is 17.4 Å².